The molecule has 4 rings (SSSR count). The minimum atomic E-state index is -3.45. The molecule has 8 nitrogen and oxygen atoms in total. The second-order valence-corrected chi connectivity index (χ2v) is 9.47. The SMILES string of the molecule is O=C(c1ccccc1OC(F)F)N1CC2(C1)CS(=O)(=O)[C@@H](Cn1cccn1)CO2. The molecule has 2 saturated heterocycles. The molecule has 11 heteroatoms. The number of rotatable bonds is 5. The third-order valence-corrected chi connectivity index (χ3v) is 7.31. The molecule has 0 saturated carbocycles. The molecule has 0 aliphatic carbocycles. The van der Waals surface area contributed by atoms with Gasteiger partial charge in [0.25, 0.3) is 5.91 Å². The van der Waals surface area contributed by atoms with Gasteiger partial charge in [0, 0.05) is 12.4 Å². The van der Waals surface area contributed by atoms with Gasteiger partial charge in [0.05, 0.1) is 37.6 Å². The molecule has 1 aromatic carbocycles. The van der Waals surface area contributed by atoms with Gasteiger partial charge < -0.3 is 14.4 Å². The van der Waals surface area contributed by atoms with Gasteiger partial charge in [-0.25, -0.2) is 8.42 Å². The Kier molecular flexibility index (Phi) is 5.03. The monoisotopic (exact) mass is 427 g/mol. The van der Waals surface area contributed by atoms with Crippen LogP contribution in [0.25, 0.3) is 0 Å². The standard InChI is InChI=1S/C18H19F2N3O5S/c19-17(20)28-15-5-2-1-4-14(15)16(24)22-10-18(11-22)12-29(25,26)13(9-27-18)8-23-7-3-6-21-23/h1-7,13,17H,8-12H2/t13-/m0/s1. The zero-order valence-corrected chi connectivity index (χ0v) is 16.1. The van der Waals surface area contributed by atoms with Crippen molar-refractivity contribution in [1.29, 1.82) is 0 Å². The van der Waals surface area contributed by atoms with E-state index in [2.05, 4.69) is 9.84 Å². The largest absolute Gasteiger partial charge is 0.434 e. The highest BCUT2D eigenvalue weighted by Gasteiger charge is 2.54. The molecule has 2 fully saturated rings. The van der Waals surface area contributed by atoms with Gasteiger partial charge in [-0.15, -0.1) is 0 Å². The number of benzene rings is 1. The fourth-order valence-electron chi connectivity index (χ4n) is 3.67. The van der Waals surface area contributed by atoms with Crippen molar-refractivity contribution in [2.75, 3.05) is 25.4 Å². The van der Waals surface area contributed by atoms with E-state index in [4.69, 9.17) is 4.74 Å². The molecule has 1 spiro atoms. The maximum atomic E-state index is 12.7. The highest BCUT2D eigenvalue weighted by molar-refractivity contribution is 7.92. The van der Waals surface area contributed by atoms with E-state index in [0.717, 1.165) is 0 Å². The number of aromatic nitrogens is 2. The fraction of sp³-hybridized carbons (Fsp3) is 0.444. The van der Waals surface area contributed by atoms with Crippen molar-refractivity contribution in [3.8, 4) is 5.75 Å². The van der Waals surface area contributed by atoms with Crippen LogP contribution in [0.1, 0.15) is 10.4 Å². The summed E-state index contributed by atoms with van der Waals surface area (Å²) in [5.74, 6) is -0.929. The second-order valence-electron chi connectivity index (χ2n) is 7.19. The van der Waals surface area contributed by atoms with E-state index >= 15 is 0 Å². The van der Waals surface area contributed by atoms with Crippen LogP contribution in [0.2, 0.25) is 0 Å². The normalized spacial score (nSPS) is 22.4. The Bertz CT molecular complexity index is 991. The Hall–Kier alpha value is -2.53. The number of para-hydroxylation sites is 1. The van der Waals surface area contributed by atoms with E-state index < -0.39 is 33.2 Å². The van der Waals surface area contributed by atoms with E-state index in [1.54, 1.807) is 29.2 Å². The van der Waals surface area contributed by atoms with Crippen LogP contribution in [0, 0.1) is 0 Å². The Morgan fingerprint density at radius 3 is 2.72 bits per heavy atom. The van der Waals surface area contributed by atoms with Crippen molar-refractivity contribution in [3.63, 3.8) is 0 Å². The maximum absolute atomic E-state index is 12.7. The van der Waals surface area contributed by atoms with Gasteiger partial charge in [0.2, 0.25) is 0 Å². The molecule has 29 heavy (non-hydrogen) atoms. The molecule has 0 unspecified atom stereocenters. The number of nitrogens with zero attached hydrogens (tertiary/aromatic N) is 3. The first-order valence-electron chi connectivity index (χ1n) is 8.94. The van der Waals surface area contributed by atoms with Gasteiger partial charge in [-0.05, 0) is 18.2 Å². The Morgan fingerprint density at radius 1 is 1.31 bits per heavy atom. The van der Waals surface area contributed by atoms with Crippen molar-refractivity contribution in [1.82, 2.24) is 14.7 Å². The minimum Gasteiger partial charge on any atom is -0.434 e. The lowest BCUT2D eigenvalue weighted by atomic mass is 9.94. The second kappa shape index (κ2) is 7.38. The Balaban J connectivity index is 1.42. The molecule has 2 aliphatic heterocycles. The van der Waals surface area contributed by atoms with Crippen LogP contribution >= 0.6 is 0 Å². The van der Waals surface area contributed by atoms with E-state index in [1.807, 2.05) is 0 Å². The molecule has 3 heterocycles. The summed E-state index contributed by atoms with van der Waals surface area (Å²) in [6.45, 7) is -2.70. The highest BCUT2D eigenvalue weighted by Crippen LogP contribution is 2.35. The summed E-state index contributed by atoms with van der Waals surface area (Å²) >= 11 is 0. The number of halogens is 2. The number of ether oxygens (including phenoxy) is 2. The smallest absolute Gasteiger partial charge is 0.387 e. The first-order valence-corrected chi connectivity index (χ1v) is 10.7. The van der Waals surface area contributed by atoms with Crippen LogP contribution in [0.4, 0.5) is 8.78 Å². The molecule has 2 aliphatic rings. The average Bonchev–Trinajstić information content (AvgIpc) is 3.14. The first-order chi connectivity index (χ1) is 13.8. The predicted octanol–water partition coefficient (Wildman–Crippen LogP) is 1.19. The molecule has 0 radical (unpaired) electrons. The lowest BCUT2D eigenvalue weighted by molar-refractivity contribution is -0.121. The predicted molar refractivity (Wildman–Crippen MR) is 97.5 cm³/mol. The molecular weight excluding hydrogens is 408 g/mol. The lowest BCUT2D eigenvalue weighted by Gasteiger charge is -2.52. The summed E-state index contributed by atoms with van der Waals surface area (Å²) in [6, 6.07) is 7.42. The van der Waals surface area contributed by atoms with E-state index in [-0.39, 0.29) is 43.3 Å². The molecule has 1 amide bonds. The quantitative estimate of drug-likeness (QED) is 0.712. The third kappa shape index (κ3) is 3.97. The molecule has 1 atom stereocenters. The maximum Gasteiger partial charge on any atom is 0.387 e. The van der Waals surface area contributed by atoms with Crippen molar-refractivity contribution >= 4 is 15.7 Å². The number of likely N-dealkylation sites (tertiary alicyclic amines) is 1. The fourth-order valence-corrected chi connectivity index (χ4v) is 5.56. The number of sulfone groups is 1. The van der Waals surface area contributed by atoms with E-state index in [1.165, 1.54) is 23.1 Å². The molecule has 2 aromatic rings. The number of hydrogen-bond donors (Lipinski definition) is 0. The number of amides is 1. The van der Waals surface area contributed by atoms with Gasteiger partial charge in [-0.2, -0.15) is 13.9 Å². The van der Waals surface area contributed by atoms with Crippen molar-refractivity contribution < 1.29 is 31.5 Å². The number of carbonyl (C=O) groups excluding carboxylic acids is 1. The topological polar surface area (TPSA) is 90.7 Å². The van der Waals surface area contributed by atoms with Crippen molar-refractivity contribution in [2.24, 2.45) is 0 Å². The third-order valence-electron chi connectivity index (χ3n) is 5.08. The Morgan fingerprint density at radius 2 is 2.07 bits per heavy atom. The molecule has 0 N–H and O–H groups in total. The summed E-state index contributed by atoms with van der Waals surface area (Å²) in [7, 11) is -3.45. The number of carbonyl (C=O) groups is 1. The van der Waals surface area contributed by atoms with Gasteiger partial charge in [-0.3, -0.25) is 9.48 Å². The zero-order chi connectivity index (χ0) is 20.6. The summed E-state index contributed by atoms with van der Waals surface area (Å²) < 4.78 is 62.3. The first kappa shape index (κ1) is 19.8. The molecule has 0 bridgehead atoms. The van der Waals surface area contributed by atoms with Crippen LogP contribution in [0.3, 0.4) is 0 Å². The lowest BCUT2D eigenvalue weighted by Crippen LogP contribution is -2.70. The summed E-state index contributed by atoms with van der Waals surface area (Å²) in [5.41, 5.74) is -0.967. The van der Waals surface area contributed by atoms with E-state index in [0.29, 0.717) is 0 Å². The minimum absolute atomic E-state index is 0.00197. The van der Waals surface area contributed by atoms with Gasteiger partial charge >= 0.3 is 6.61 Å². The van der Waals surface area contributed by atoms with Crippen LogP contribution in [-0.4, -0.2) is 71.9 Å². The highest BCUT2D eigenvalue weighted by atomic mass is 32.2. The number of hydrogen-bond acceptors (Lipinski definition) is 6. The van der Waals surface area contributed by atoms with Crippen molar-refractivity contribution in [2.45, 2.75) is 24.0 Å². The van der Waals surface area contributed by atoms with Gasteiger partial charge in [0.1, 0.15) is 16.6 Å². The van der Waals surface area contributed by atoms with Crippen LogP contribution < -0.4 is 4.74 Å². The molecule has 156 valence electrons. The summed E-state index contributed by atoms with van der Waals surface area (Å²) in [5, 5.41) is 3.31. The summed E-state index contributed by atoms with van der Waals surface area (Å²) in [6.07, 6.45) is 3.26. The van der Waals surface area contributed by atoms with Crippen LogP contribution in [0.15, 0.2) is 42.7 Å². The zero-order valence-electron chi connectivity index (χ0n) is 15.3. The van der Waals surface area contributed by atoms with E-state index in [9.17, 15) is 22.0 Å². The van der Waals surface area contributed by atoms with Crippen LogP contribution in [0.5, 0.6) is 5.75 Å². The average molecular weight is 427 g/mol. The summed E-state index contributed by atoms with van der Waals surface area (Å²) in [4.78, 5) is 14.0. The van der Waals surface area contributed by atoms with Crippen LogP contribution in [-0.2, 0) is 21.1 Å². The van der Waals surface area contributed by atoms with Crippen molar-refractivity contribution in [3.05, 3.63) is 48.3 Å². The molecular formula is C18H19F2N3O5S. The number of alkyl halides is 2. The Labute approximate surface area is 165 Å². The van der Waals surface area contributed by atoms with Gasteiger partial charge in [-0.1, -0.05) is 12.1 Å². The molecule has 1 aromatic heterocycles. The van der Waals surface area contributed by atoms with Gasteiger partial charge in [0.15, 0.2) is 9.84 Å².